The fourth-order valence-corrected chi connectivity index (χ4v) is 1.96. The first-order valence-electron chi connectivity index (χ1n) is 5.90. The summed E-state index contributed by atoms with van der Waals surface area (Å²) in [5, 5.41) is 12.2. The highest BCUT2D eigenvalue weighted by Crippen LogP contribution is 2.23. The summed E-state index contributed by atoms with van der Waals surface area (Å²) in [5.74, 6) is 0.204. The van der Waals surface area contributed by atoms with Gasteiger partial charge >= 0.3 is 0 Å². The lowest BCUT2D eigenvalue weighted by Crippen LogP contribution is -2.02. The number of hydrogen-bond donors (Lipinski definition) is 1. The van der Waals surface area contributed by atoms with Crippen LogP contribution < -0.4 is 10.1 Å². The van der Waals surface area contributed by atoms with E-state index in [-0.39, 0.29) is 5.82 Å². The minimum atomic E-state index is -0.365. The van der Waals surface area contributed by atoms with E-state index in [1.807, 2.05) is 6.07 Å². The molecule has 0 bridgehead atoms. The third kappa shape index (κ3) is 3.19. The molecule has 0 aliphatic carbocycles. The Morgan fingerprint density at radius 1 is 1.30 bits per heavy atom. The normalized spacial score (nSPS) is 9.90. The van der Waals surface area contributed by atoms with Gasteiger partial charge in [-0.2, -0.15) is 5.26 Å². The summed E-state index contributed by atoms with van der Waals surface area (Å²) in [7, 11) is 1.52. The van der Waals surface area contributed by atoms with E-state index in [0.717, 1.165) is 5.56 Å². The average Bonchev–Trinajstić information content (AvgIpc) is 2.47. The van der Waals surface area contributed by atoms with E-state index in [1.54, 1.807) is 30.3 Å². The number of nitrogens with zero attached hydrogens (tertiary/aromatic N) is 1. The van der Waals surface area contributed by atoms with E-state index in [9.17, 15) is 4.39 Å². The van der Waals surface area contributed by atoms with Gasteiger partial charge in [-0.05, 0) is 29.8 Å². The largest absolute Gasteiger partial charge is 0.497 e. The van der Waals surface area contributed by atoms with Crippen LogP contribution in [0.2, 0.25) is 5.02 Å². The summed E-state index contributed by atoms with van der Waals surface area (Å²) in [6, 6.07) is 11.5. The van der Waals surface area contributed by atoms with Crippen molar-refractivity contribution in [2.75, 3.05) is 12.4 Å². The minimum absolute atomic E-state index is 0.338. The van der Waals surface area contributed by atoms with Crippen LogP contribution in [0.5, 0.6) is 5.75 Å². The Morgan fingerprint density at radius 3 is 2.75 bits per heavy atom. The fourth-order valence-electron chi connectivity index (χ4n) is 1.72. The standard InChI is InChI=1S/C15H12ClFN2O/c1-20-12-4-5-14(17)15(7-12)19-9-11-3-2-10(8-18)6-13(11)16/h2-7,19H,9H2,1H3. The Hall–Kier alpha value is -2.25. The van der Waals surface area contributed by atoms with Gasteiger partial charge in [0.2, 0.25) is 0 Å². The Morgan fingerprint density at radius 2 is 2.10 bits per heavy atom. The second-order valence-corrected chi connectivity index (χ2v) is 4.52. The van der Waals surface area contributed by atoms with Crippen LogP contribution in [-0.2, 0) is 6.54 Å². The van der Waals surface area contributed by atoms with Crippen molar-refractivity contribution in [3.05, 3.63) is 58.4 Å². The van der Waals surface area contributed by atoms with Crippen molar-refractivity contribution in [1.82, 2.24) is 0 Å². The molecule has 20 heavy (non-hydrogen) atoms. The van der Waals surface area contributed by atoms with E-state index < -0.39 is 0 Å². The van der Waals surface area contributed by atoms with Crippen LogP contribution in [0, 0.1) is 17.1 Å². The summed E-state index contributed by atoms with van der Waals surface area (Å²) < 4.78 is 18.7. The summed E-state index contributed by atoms with van der Waals surface area (Å²) in [6.07, 6.45) is 0. The van der Waals surface area contributed by atoms with Crippen LogP contribution in [0.4, 0.5) is 10.1 Å². The molecular weight excluding hydrogens is 279 g/mol. The Kier molecular flexibility index (Phi) is 4.44. The van der Waals surface area contributed by atoms with Crippen LogP contribution in [0.25, 0.3) is 0 Å². The Balaban J connectivity index is 2.15. The molecule has 0 fully saturated rings. The number of halogens is 2. The van der Waals surface area contributed by atoms with Crippen molar-refractivity contribution in [3.63, 3.8) is 0 Å². The van der Waals surface area contributed by atoms with E-state index in [4.69, 9.17) is 21.6 Å². The minimum Gasteiger partial charge on any atom is -0.497 e. The van der Waals surface area contributed by atoms with E-state index in [0.29, 0.717) is 28.6 Å². The number of benzene rings is 2. The Bertz CT molecular complexity index is 667. The number of anilines is 1. The first kappa shape index (κ1) is 14.2. The van der Waals surface area contributed by atoms with Crippen molar-refractivity contribution < 1.29 is 9.13 Å². The van der Waals surface area contributed by atoms with Gasteiger partial charge in [-0.3, -0.25) is 0 Å². The lowest BCUT2D eigenvalue weighted by Gasteiger charge is -2.10. The van der Waals surface area contributed by atoms with Crippen molar-refractivity contribution in [3.8, 4) is 11.8 Å². The van der Waals surface area contributed by atoms with Gasteiger partial charge in [0.15, 0.2) is 0 Å². The van der Waals surface area contributed by atoms with Crippen molar-refractivity contribution in [2.24, 2.45) is 0 Å². The summed E-state index contributed by atoms with van der Waals surface area (Å²) >= 11 is 6.06. The zero-order valence-electron chi connectivity index (χ0n) is 10.8. The molecule has 2 aromatic rings. The van der Waals surface area contributed by atoms with Crippen molar-refractivity contribution in [2.45, 2.75) is 6.54 Å². The van der Waals surface area contributed by atoms with Crippen LogP contribution in [-0.4, -0.2) is 7.11 Å². The average molecular weight is 291 g/mol. The van der Waals surface area contributed by atoms with Gasteiger partial charge in [0, 0.05) is 17.6 Å². The van der Waals surface area contributed by atoms with Gasteiger partial charge in [-0.15, -0.1) is 0 Å². The number of ether oxygens (including phenoxy) is 1. The molecule has 1 N–H and O–H groups in total. The van der Waals surface area contributed by atoms with Gasteiger partial charge in [0.25, 0.3) is 0 Å². The highest BCUT2D eigenvalue weighted by molar-refractivity contribution is 6.31. The second kappa shape index (κ2) is 6.27. The van der Waals surface area contributed by atoms with Gasteiger partial charge in [-0.25, -0.2) is 4.39 Å². The van der Waals surface area contributed by atoms with E-state index in [1.165, 1.54) is 13.2 Å². The lowest BCUT2D eigenvalue weighted by atomic mass is 10.1. The third-order valence-corrected chi connectivity index (χ3v) is 3.18. The van der Waals surface area contributed by atoms with Crippen molar-refractivity contribution >= 4 is 17.3 Å². The molecule has 0 saturated heterocycles. The number of hydrogen-bond acceptors (Lipinski definition) is 3. The zero-order valence-corrected chi connectivity index (χ0v) is 11.5. The summed E-state index contributed by atoms with van der Waals surface area (Å²) in [5.41, 5.74) is 1.61. The monoisotopic (exact) mass is 290 g/mol. The maximum absolute atomic E-state index is 13.6. The van der Waals surface area contributed by atoms with Gasteiger partial charge in [0.05, 0.1) is 24.4 Å². The molecule has 102 valence electrons. The second-order valence-electron chi connectivity index (χ2n) is 4.12. The van der Waals surface area contributed by atoms with Crippen LogP contribution >= 0.6 is 11.6 Å². The first-order chi connectivity index (χ1) is 9.63. The summed E-state index contributed by atoms with van der Waals surface area (Å²) in [4.78, 5) is 0. The van der Waals surface area contributed by atoms with Gasteiger partial charge in [-0.1, -0.05) is 17.7 Å². The Labute approximate surface area is 121 Å². The molecule has 0 heterocycles. The molecule has 0 aliphatic heterocycles. The molecule has 3 nitrogen and oxygen atoms in total. The van der Waals surface area contributed by atoms with Crippen LogP contribution in [0.3, 0.4) is 0 Å². The number of nitriles is 1. The van der Waals surface area contributed by atoms with E-state index >= 15 is 0 Å². The molecule has 5 heteroatoms. The highest BCUT2D eigenvalue weighted by atomic mass is 35.5. The maximum Gasteiger partial charge on any atom is 0.146 e. The lowest BCUT2D eigenvalue weighted by molar-refractivity contribution is 0.414. The predicted molar refractivity (Wildman–Crippen MR) is 76.4 cm³/mol. The topological polar surface area (TPSA) is 45.0 Å². The maximum atomic E-state index is 13.6. The van der Waals surface area contributed by atoms with Crippen molar-refractivity contribution in [1.29, 1.82) is 5.26 Å². The highest BCUT2D eigenvalue weighted by Gasteiger charge is 2.06. The fraction of sp³-hybridized carbons (Fsp3) is 0.133. The molecule has 0 atom stereocenters. The third-order valence-electron chi connectivity index (χ3n) is 2.82. The smallest absolute Gasteiger partial charge is 0.146 e. The predicted octanol–water partition coefficient (Wildman–Crippen LogP) is 3.97. The summed E-state index contributed by atoms with van der Waals surface area (Å²) in [6.45, 7) is 0.356. The van der Waals surface area contributed by atoms with Crippen LogP contribution in [0.15, 0.2) is 36.4 Å². The molecule has 0 radical (unpaired) electrons. The molecule has 2 rings (SSSR count). The van der Waals surface area contributed by atoms with E-state index in [2.05, 4.69) is 5.32 Å². The number of methoxy groups -OCH3 is 1. The first-order valence-corrected chi connectivity index (χ1v) is 6.28. The number of rotatable bonds is 4. The molecule has 0 unspecified atom stereocenters. The molecule has 0 saturated carbocycles. The zero-order chi connectivity index (χ0) is 14.5. The molecule has 2 aromatic carbocycles. The molecule has 0 amide bonds. The number of nitrogens with one attached hydrogen (secondary N) is 1. The SMILES string of the molecule is COc1ccc(F)c(NCc2ccc(C#N)cc2Cl)c1. The van der Waals surface area contributed by atoms with Crippen LogP contribution in [0.1, 0.15) is 11.1 Å². The van der Waals surface area contributed by atoms with Gasteiger partial charge in [0.1, 0.15) is 11.6 Å². The molecule has 0 spiro atoms. The molecular formula is C15H12ClFN2O. The molecule has 0 aliphatic rings. The molecule has 0 aromatic heterocycles. The quantitative estimate of drug-likeness (QED) is 0.926. The van der Waals surface area contributed by atoms with Gasteiger partial charge < -0.3 is 10.1 Å².